The summed E-state index contributed by atoms with van der Waals surface area (Å²) in [6.07, 6.45) is 11.1. The Morgan fingerprint density at radius 1 is 1.30 bits per heavy atom. The smallest absolute Gasteiger partial charge is 0.0594 e. The standard InChI is InChI=1S/C16H21N3S/c17-19-14(9-12-5-4-8-18-11-12)16-10-13-6-2-1-3-7-15(13)20-16/h4-5,8,10-11,14,19H,1-3,6-7,9,17H2. The molecule has 3 N–H and O–H groups in total. The first-order valence-corrected chi connectivity index (χ1v) is 8.15. The fourth-order valence-electron chi connectivity index (χ4n) is 2.86. The number of aromatic nitrogens is 1. The Labute approximate surface area is 124 Å². The molecule has 106 valence electrons. The fraction of sp³-hybridized carbons (Fsp3) is 0.438. The zero-order chi connectivity index (χ0) is 13.8. The van der Waals surface area contributed by atoms with E-state index in [-0.39, 0.29) is 6.04 Å². The number of fused-ring (bicyclic) bond motifs is 1. The molecule has 2 aromatic rings. The van der Waals surface area contributed by atoms with E-state index in [1.165, 1.54) is 42.5 Å². The molecule has 1 aliphatic rings. The van der Waals surface area contributed by atoms with Crippen molar-refractivity contribution in [3.05, 3.63) is 51.5 Å². The van der Waals surface area contributed by atoms with Gasteiger partial charge in [-0.3, -0.25) is 16.3 Å². The third kappa shape index (κ3) is 3.08. The first kappa shape index (κ1) is 13.7. The van der Waals surface area contributed by atoms with Gasteiger partial charge in [0.05, 0.1) is 6.04 Å². The fourth-order valence-corrected chi connectivity index (χ4v) is 4.18. The van der Waals surface area contributed by atoms with Gasteiger partial charge < -0.3 is 0 Å². The highest BCUT2D eigenvalue weighted by atomic mass is 32.1. The molecule has 2 aromatic heterocycles. The van der Waals surface area contributed by atoms with Crippen molar-refractivity contribution in [2.24, 2.45) is 5.84 Å². The number of aryl methyl sites for hydroxylation is 2. The minimum Gasteiger partial charge on any atom is -0.271 e. The number of hydrazine groups is 1. The van der Waals surface area contributed by atoms with Gasteiger partial charge >= 0.3 is 0 Å². The third-order valence-corrected chi connectivity index (χ3v) is 5.32. The molecule has 0 bridgehead atoms. The van der Waals surface area contributed by atoms with Crippen molar-refractivity contribution >= 4 is 11.3 Å². The maximum atomic E-state index is 5.78. The molecule has 1 aliphatic carbocycles. The number of rotatable bonds is 4. The topological polar surface area (TPSA) is 50.9 Å². The highest BCUT2D eigenvalue weighted by Crippen LogP contribution is 2.33. The van der Waals surface area contributed by atoms with Gasteiger partial charge in [-0.25, -0.2) is 0 Å². The summed E-state index contributed by atoms with van der Waals surface area (Å²) in [7, 11) is 0. The summed E-state index contributed by atoms with van der Waals surface area (Å²) in [4.78, 5) is 7.12. The summed E-state index contributed by atoms with van der Waals surface area (Å²) in [6.45, 7) is 0. The van der Waals surface area contributed by atoms with Crippen LogP contribution in [0.3, 0.4) is 0 Å². The summed E-state index contributed by atoms with van der Waals surface area (Å²) in [6, 6.07) is 6.64. The minimum atomic E-state index is 0.191. The molecule has 0 saturated carbocycles. The van der Waals surface area contributed by atoms with E-state index in [9.17, 15) is 0 Å². The molecule has 0 aliphatic heterocycles. The molecule has 4 heteroatoms. The highest BCUT2D eigenvalue weighted by Gasteiger charge is 2.18. The summed E-state index contributed by atoms with van der Waals surface area (Å²) in [5.41, 5.74) is 5.75. The zero-order valence-electron chi connectivity index (χ0n) is 11.6. The molecular formula is C16H21N3S. The molecule has 0 radical (unpaired) electrons. The number of nitrogens with one attached hydrogen (secondary N) is 1. The van der Waals surface area contributed by atoms with Crippen molar-refractivity contribution in [3.8, 4) is 0 Å². The van der Waals surface area contributed by atoms with E-state index in [1.54, 1.807) is 10.4 Å². The molecule has 0 spiro atoms. The summed E-state index contributed by atoms with van der Waals surface area (Å²) in [5, 5.41) is 0. The number of thiophene rings is 1. The molecule has 1 unspecified atom stereocenters. The maximum absolute atomic E-state index is 5.78. The molecule has 0 fully saturated rings. The van der Waals surface area contributed by atoms with Gasteiger partial charge in [0.25, 0.3) is 0 Å². The largest absolute Gasteiger partial charge is 0.271 e. The Morgan fingerprint density at radius 3 is 3.00 bits per heavy atom. The van der Waals surface area contributed by atoms with Crippen LogP contribution in [0.2, 0.25) is 0 Å². The quantitative estimate of drug-likeness (QED) is 0.516. The van der Waals surface area contributed by atoms with E-state index >= 15 is 0 Å². The van der Waals surface area contributed by atoms with Crippen molar-refractivity contribution in [2.75, 3.05) is 0 Å². The van der Waals surface area contributed by atoms with Crippen LogP contribution < -0.4 is 11.3 Å². The second-order valence-electron chi connectivity index (χ2n) is 5.44. The molecule has 0 aromatic carbocycles. The van der Waals surface area contributed by atoms with Gasteiger partial charge in [0.1, 0.15) is 0 Å². The van der Waals surface area contributed by atoms with Crippen molar-refractivity contribution in [3.63, 3.8) is 0 Å². The van der Waals surface area contributed by atoms with Crippen LogP contribution in [-0.2, 0) is 19.3 Å². The van der Waals surface area contributed by atoms with Gasteiger partial charge in [0.2, 0.25) is 0 Å². The van der Waals surface area contributed by atoms with Crippen LogP contribution in [0.1, 0.15) is 46.2 Å². The molecule has 1 atom stereocenters. The molecule has 0 amide bonds. The Kier molecular flexibility index (Phi) is 4.45. The van der Waals surface area contributed by atoms with E-state index in [1.807, 2.05) is 29.8 Å². The normalized spacial score (nSPS) is 16.4. The average Bonchev–Trinajstić information content (AvgIpc) is 2.76. The summed E-state index contributed by atoms with van der Waals surface area (Å²) in [5.74, 6) is 5.78. The average molecular weight is 287 g/mol. The Balaban J connectivity index is 1.79. The van der Waals surface area contributed by atoms with E-state index in [2.05, 4.69) is 22.5 Å². The van der Waals surface area contributed by atoms with Crippen LogP contribution in [0.25, 0.3) is 0 Å². The van der Waals surface area contributed by atoms with Crippen LogP contribution in [0.5, 0.6) is 0 Å². The molecule has 0 saturated heterocycles. The number of pyridine rings is 1. The lowest BCUT2D eigenvalue weighted by Crippen LogP contribution is -2.29. The summed E-state index contributed by atoms with van der Waals surface area (Å²) < 4.78 is 0. The Bertz CT molecular complexity index is 527. The number of hydrogen-bond donors (Lipinski definition) is 2. The molecule has 3 nitrogen and oxygen atoms in total. The third-order valence-electron chi connectivity index (χ3n) is 3.97. The lowest BCUT2D eigenvalue weighted by Gasteiger charge is -2.14. The predicted molar refractivity (Wildman–Crippen MR) is 83.6 cm³/mol. The van der Waals surface area contributed by atoms with Crippen molar-refractivity contribution in [1.29, 1.82) is 0 Å². The van der Waals surface area contributed by atoms with Crippen molar-refractivity contribution < 1.29 is 0 Å². The van der Waals surface area contributed by atoms with Crippen LogP contribution in [0.4, 0.5) is 0 Å². The van der Waals surface area contributed by atoms with Gasteiger partial charge in [-0.05, 0) is 55.4 Å². The first-order valence-electron chi connectivity index (χ1n) is 7.33. The van der Waals surface area contributed by atoms with Crippen molar-refractivity contribution in [2.45, 2.75) is 44.6 Å². The van der Waals surface area contributed by atoms with E-state index in [0.717, 1.165) is 6.42 Å². The number of nitrogens with two attached hydrogens (primary N) is 1. The number of hydrogen-bond acceptors (Lipinski definition) is 4. The first-order chi connectivity index (χ1) is 9.86. The minimum absolute atomic E-state index is 0.191. The molecule has 3 rings (SSSR count). The van der Waals surface area contributed by atoms with Gasteiger partial charge in [0, 0.05) is 22.1 Å². The van der Waals surface area contributed by atoms with Crippen molar-refractivity contribution in [1.82, 2.24) is 10.4 Å². The lowest BCUT2D eigenvalue weighted by atomic mass is 10.1. The summed E-state index contributed by atoms with van der Waals surface area (Å²) >= 11 is 1.94. The van der Waals surface area contributed by atoms with E-state index in [0.29, 0.717) is 0 Å². The number of nitrogens with zero attached hydrogens (tertiary/aromatic N) is 1. The van der Waals surface area contributed by atoms with Crippen LogP contribution >= 0.6 is 11.3 Å². The second kappa shape index (κ2) is 6.48. The maximum Gasteiger partial charge on any atom is 0.0594 e. The van der Waals surface area contributed by atoms with E-state index < -0.39 is 0 Å². The Morgan fingerprint density at radius 2 is 2.20 bits per heavy atom. The second-order valence-corrected chi connectivity index (χ2v) is 6.61. The lowest BCUT2D eigenvalue weighted by molar-refractivity contribution is 0.559. The van der Waals surface area contributed by atoms with Crippen LogP contribution in [0.15, 0.2) is 30.6 Å². The van der Waals surface area contributed by atoms with Crippen LogP contribution in [0, 0.1) is 0 Å². The molecule has 2 heterocycles. The Hall–Kier alpha value is -1.23. The van der Waals surface area contributed by atoms with Gasteiger partial charge in [-0.15, -0.1) is 11.3 Å². The highest BCUT2D eigenvalue weighted by molar-refractivity contribution is 7.12. The van der Waals surface area contributed by atoms with Gasteiger partial charge in [0.15, 0.2) is 0 Å². The van der Waals surface area contributed by atoms with Crippen LogP contribution in [-0.4, -0.2) is 4.98 Å². The SMILES string of the molecule is NNC(Cc1cccnc1)c1cc2c(s1)CCCCC2. The molecule has 20 heavy (non-hydrogen) atoms. The molecular weight excluding hydrogens is 266 g/mol. The monoisotopic (exact) mass is 287 g/mol. The predicted octanol–water partition coefficient (Wildman–Crippen LogP) is 3.16. The van der Waals surface area contributed by atoms with E-state index in [4.69, 9.17) is 5.84 Å². The van der Waals surface area contributed by atoms with Gasteiger partial charge in [-0.1, -0.05) is 12.5 Å². The zero-order valence-corrected chi connectivity index (χ0v) is 12.5. The van der Waals surface area contributed by atoms with Gasteiger partial charge in [-0.2, -0.15) is 0 Å².